The molecule has 0 radical (unpaired) electrons. The second kappa shape index (κ2) is 20.2. The molecule has 0 aromatic rings. The first-order valence-corrected chi connectivity index (χ1v) is 11.7. The van der Waals surface area contributed by atoms with E-state index in [1.165, 1.54) is 0 Å². The SMILES string of the molecule is C=C(O)CN1CCN(CC(=O)O)CCN(CC(=O)NCCCOCC)CCN(CC(=O)O)CC1.[Gd]. The molecule has 1 rings (SSSR count). The zero-order valence-electron chi connectivity index (χ0n) is 20.6. The number of hydrogen-bond acceptors (Lipinski definition) is 9. The summed E-state index contributed by atoms with van der Waals surface area (Å²) in [6.45, 7) is 11.0. The molecule has 1 aliphatic heterocycles. The quantitative estimate of drug-likeness (QED) is 0.145. The Kier molecular flexibility index (Phi) is 19.6. The zero-order chi connectivity index (χ0) is 25.3. The van der Waals surface area contributed by atoms with Crippen molar-refractivity contribution in [1.29, 1.82) is 0 Å². The first-order chi connectivity index (χ1) is 16.2. The minimum Gasteiger partial charge on any atom is -0.512 e. The zero-order valence-corrected chi connectivity index (χ0v) is 22.9. The van der Waals surface area contributed by atoms with Crippen LogP contribution in [0.2, 0.25) is 0 Å². The number of nitrogens with zero attached hydrogens (tertiary/aromatic N) is 4. The van der Waals surface area contributed by atoms with Crippen LogP contribution >= 0.6 is 0 Å². The van der Waals surface area contributed by atoms with E-state index in [9.17, 15) is 29.7 Å². The van der Waals surface area contributed by atoms with Gasteiger partial charge < -0.3 is 25.4 Å². The van der Waals surface area contributed by atoms with E-state index < -0.39 is 11.9 Å². The number of carboxylic acid groups (broad SMARTS) is 2. The third-order valence-electron chi connectivity index (χ3n) is 5.41. The maximum absolute atomic E-state index is 12.4. The summed E-state index contributed by atoms with van der Waals surface area (Å²) in [6.07, 6.45) is 0.717. The molecule has 0 aromatic carbocycles. The molecule has 12 nitrogen and oxygen atoms in total. The van der Waals surface area contributed by atoms with Crippen LogP contribution in [-0.4, -0.2) is 151 Å². The number of aliphatic carboxylic acids is 2. The Balaban J connectivity index is 0.0000116. The molecule has 35 heavy (non-hydrogen) atoms. The van der Waals surface area contributed by atoms with Crippen LogP contribution in [0.3, 0.4) is 0 Å². The van der Waals surface area contributed by atoms with E-state index in [1.807, 2.05) is 16.7 Å². The van der Waals surface area contributed by atoms with Gasteiger partial charge in [0, 0.05) is 112 Å². The molecule has 1 heterocycles. The fourth-order valence-corrected chi connectivity index (χ4v) is 3.66. The molecule has 0 atom stereocenters. The number of ether oxygens (including phenoxy) is 1. The van der Waals surface area contributed by atoms with Gasteiger partial charge in [-0.1, -0.05) is 6.58 Å². The van der Waals surface area contributed by atoms with Gasteiger partial charge in [0.25, 0.3) is 0 Å². The molecule has 13 heteroatoms. The van der Waals surface area contributed by atoms with Gasteiger partial charge in [-0.25, -0.2) is 0 Å². The van der Waals surface area contributed by atoms with Crippen molar-refractivity contribution in [3.05, 3.63) is 12.3 Å². The number of carbonyl (C=O) groups excluding carboxylic acids is 1. The molecule has 1 fully saturated rings. The van der Waals surface area contributed by atoms with Crippen LogP contribution in [0.25, 0.3) is 0 Å². The molecule has 1 amide bonds. The number of carboxylic acids is 2. The third-order valence-corrected chi connectivity index (χ3v) is 5.41. The maximum atomic E-state index is 12.4. The molecule has 0 bridgehead atoms. The summed E-state index contributed by atoms with van der Waals surface area (Å²) in [7, 11) is 0. The van der Waals surface area contributed by atoms with E-state index in [0.717, 1.165) is 6.42 Å². The summed E-state index contributed by atoms with van der Waals surface area (Å²) < 4.78 is 5.27. The van der Waals surface area contributed by atoms with Crippen molar-refractivity contribution < 1.29 is 74.4 Å². The van der Waals surface area contributed by atoms with Gasteiger partial charge in [-0.15, -0.1) is 0 Å². The summed E-state index contributed by atoms with van der Waals surface area (Å²) in [5.74, 6) is -2.00. The van der Waals surface area contributed by atoms with Crippen molar-refractivity contribution in [1.82, 2.24) is 24.9 Å². The summed E-state index contributed by atoms with van der Waals surface area (Å²) >= 11 is 0. The van der Waals surface area contributed by atoms with Crippen LogP contribution in [0.4, 0.5) is 0 Å². The first kappa shape index (κ1) is 34.1. The Morgan fingerprint density at radius 1 is 0.771 bits per heavy atom. The van der Waals surface area contributed by atoms with Gasteiger partial charge in [0.05, 0.1) is 31.9 Å². The number of amides is 1. The number of aliphatic hydroxyl groups excluding tert-OH is 1. The van der Waals surface area contributed by atoms with E-state index >= 15 is 0 Å². The van der Waals surface area contributed by atoms with Crippen molar-refractivity contribution in [2.75, 3.05) is 98.3 Å². The van der Waals surface area contributed by atoms with Gasteiger partial charge in [0.15, 0.2) is 0 Å². The van der Waals surface area contributed by atoms with E-state index in [4.69, 9.17) is 4.74 Å². The molecular weight excluding hydrogens is 604 g/mol. The number of hydrogen-bond donors (Lipinski definition) is 4. The molecule has 4 N–H and O–H groups in total. The average Bonchev–Trinajstić information content (AvgIpc) is 2.74. The minimum atomic E-state index is -0.934. The molecule has 0 saturated carbocycles. The van der Waals surface area contributed by atoms with E-state index in [0.29, 0.717) is 72.1 Å². The average molecular weight is 645 g/mol. The van der Waals surface area contributed by atoms with Crippen LogP contribution in [0.1, 0.15) is 13.3 Å². The van der Waals surface area contributed by atoms with Crippen molar-refractivity contribution in [3.63, 3.8) is 0 Å². The van der Waals surface area contributed by atoms with Crippen molar-refractivity contribution in [2.45, 2.75) is 13.3 Å². The molecule has 0 unspecified atom stereocenters. The van der Waals surface area contributed by atoms with Gasteiger partial charge >= 0.3 is 11.9 Å². The second-order valence-electron chi connectivity index (χ2n) is 8.36. The van der Waals surface area contributed by atoms with Gasteiger partial charge in [-0.3, -0.25) is 34.0 Å². The summed E-state index contributed by atoms with van der Waals surface area (Å²) in [4.78, 5) is 42.6. The fraction of sp³-hybridized carbons (Fsp3) is 0.773. The minimum absolute atomic E-state index is 0. The van der Waals surface area contributed by atoms with Crippen LogP contribution in [0.5, 0.6) is 0 Å². The molecule has 0 aliphatic carbocycles. The van der Waals surface area contributed by atoms with E-state index in [-0.39, 0.29) is 77.8 Å². The third kappa shape index (κ3) is 18.0. The predicted molar refractivity (Wildman–Crippen MR) is 127 cm³/mol. The topological polar surface area (TPSA) is 146 Å². The molecular formula is C22H41GdN5O7. The van der Waals surface area contributed by atoms with Gasteiger partial charge in [-0.05, 0) is 13.3 Å². The van der Waals surface area contributed by atoms with Crippen LogP contribution in [0, 0.1) is 39.9 Å². The Morgan fingerprint density at radius 3 is 1.54 bits per heavy atom. The molecule has 204 valence electrons. The van der Waals surface area contributed by atoms with Crippen molar-refractivity contribution >= 4 is 17.8 Å². The van der Waals surface area contributed by atoms with Crippen LogP contribution in [0.15, 0.2) is 12.3 Å². The van der Waals surface area contributed by atoms with E-state index in [2.05, 4.69) is 11.9 Å². The molecule has 1 saturated heterocycles. The van der Waals surface area contributed by atoms with Crippen LogP contribution in [-0.2, 0) is 19.1 Å². The Morgan fingerprint density at radius 2 is 1.17 bits per heavy atom. The Hall–Kier alpha value is -0.925. The van der Waals surface area contributed by atoms with Gasteiger partial charge in [-0.2, -0.15) is 0 Å². The maximum Gasteiger partial charge on any atom is 0.317 e. The second-order valence-corrected chi connectivity index (χ2v) is 8.36. The Labute approximate surface area is 239 Å². The first-order valence-electron chi connectivity index (χ1n) is 11.7. The van der Waals surface area contributed by atoms with Crippen molar-refractivity contribution in [3.8, 4) is 0 Å². The largest absolute Gasteiger partial charge is 0.512 e. The normalized spacial score (nSPS) is 17.5. The number of carbonyl (C=O) groups is 3. The van der Waals surface area contributed by atoms with E-state index in [1.54, 1.807) is 9.80 Å². The van der Waals surface area contributed by atoms with Crippen LogP contribution < -0.4 is 5.32 Å². The van der Waals surface area contributed by atoms with Crippen molar-refractivity contribution in [2.24, 2.45) is 0 Å². The molecule has 0 aromatic heterocycles. The monoisotopic (exact) mass is 645 g/mol. The summed E-state index contributed by atoms with van der Waals surface area (Å²) in [6, 6.07) is 0. The predicted octanol–water partition coefficient (Wildman–Crippen LogP) is -1.01. The number of aliphatic hydroxyl groups is 1. The summed E-state index contributed by atoms with van der Waals surface area (Å²) in [5.41, 5.74) is 0. The molecule has 1 aliphatic rings. The molecule has 0 spiro atoms. The summed E-state index contributed by atoms with van der Waals surface area (Å²) in [5, 5.41) is 31.1. The Bertz CT molecular complexity index is 624. The standard InChI is InChI=1S/C22H41N5O7.Gd/c1-3-34-14-4-5-23-20(29)16-25-8-12-26(17-21(30)31)10-6-24(15-19(2)28)7-11-27(13-9-25)18-22(32)33;/h28H,2-18H2,1H3,(H,23,29)(H,30,31)(H,32,33);. The fourth-order valence-electron chi connectivity index (χ4n) is 3.66. The number of rotatable bonds is 13. The smallest absolute Gasteiger partial charge is 0.317 e. The van der Waals surface area contributed by atoms with Gasteiger partial charge in [0.1, 0.15) is 0 Å². The van der Waals surface area contributed by atoms with Gasteiger partial charge in [0.2, 0.25) is 5.91 Å². The number of nitrogens with one attached hydrogen (secondary N) is 1.